The van der Waals surface area contributed by atoms with Crippen LogP contribution in [0.5, 0.6) is 0 Å². The molecule has 0 saturated carbocycles. The molecule has 8 heteroatoms. The summed E-state index contributed by atoms with van der Waals surface area (Å²) in [5, 5.41) is 10.8. The van der Waals surface area contributed by atoms with Gasteiger partial charge >= 0.3 is 5.97 Å². The van der Waals surface area contributed by atoms with Crippen LogP contribution in [0.25, 0.3) is 0 Å². The fourth-order valence-electron chi connectivity index (χ4n) is 5.28. The molecule has 0 radical (unpaired) electrons. The van der Waals surface area contributed by atoms with Crippen molar-refractivity contribution in [3.63, 3.8) is 0 Å². The van der Waals surface area contributed by atoms with Crippen LogP contribution in [-0.4, -0.2) is 55.0 Å². The van der Waals surface area contributed by atoms with E-state index in [0.29, 0.717) is 13.1 Å². The van der Waals surface area contributed by atoms with E-state index in [1.807, 2.05) is 105 Å². The van der Waals surface area contributed by atoms with Crippen molar-refractivity contribution in [1.29, 1.82) is 0 Å². The molecule has 1 N–H and O–H groups in total. The molecule has 5 rings (SSSR count). The number of esters is 1. The SMILES string of the molecule is CC1(C)S[C@@H]2[C@H]([C@H](O)C(=O)N(Cc3ccccc3)Cc3ccccc3)C(=O)N2[C@H]1C(=O)OCc1ccccc1. The van der Waals surface area contributed by atoms with Crippen LogP contribution in [0, 0.1) is 5.92 Å². The zero-order chi connectivity index (χ0) is 27.6. The van der Waals surface area contributed by atoms with E-state index >= 15 is 0 Å². The number of amides is 2. The number of aliphatic hydroxyl groups excluding tert-OH is 1. The van der Waals surface area contributed by atoms with Gasteiger partial charge in [0.25, 0.3) is 5.91 Å². The second-order valence-electron chi connectivity index (χ2n) is 10.5. The van der Waals surface area contributed by atoms with E-state index in [-0.39, 0.29) is 6.61 Å². The standard InChI is InChI=1S/C31H32N2O5S/c1-31(2)26(30(37)38-20-23-16-10-5-11-17-23)33-27(35)24(29(33)39-31)25(34)28(36)32(18-21-12-6-3-7-13-21)19-22-14-8-4-9-15-22/h3-17,24-26,29,34H,18-20H2,1-2H3/t24-,25+,26+,29-/m1/s1. The molecule has 3 aromatic rings. The fourth-order valence-corrected chi connectivity index (χ4v) is 6.99. The Morgan fingerprint density at radius 2 is 1.38 bits per heavy atom. The van der Waals surface area contributed by atoms with Crippen LogP contribution in [0.15, 0.2) is 91.0 Å². The number of carbonyl (C=O) groups excluding carboxylic acids is 3. The first-order valence-electron chi connectivity index (χ1n) is 13.0. The van der Waals surface area contributed by atoms with Gasteiger partial charge < -0.3 is 19.6 Å². The summed E-state index contributed by atoms with van der Waals surface area (Å²) in [6.07, 6.45) is -1.52. The second kappa shape index (κ2) is 11.2. The van der Waals surface area contributed by atoms with Crippen LogP contribution in [0.1, 0.15) is 30.5 Å². The number of carbonyl (C=O) groups is 3. The molecule has 2 heterocycles. The molecule has 0 bridgehead atoms. The van der Waals surface area contributed by atoms with Crippen molar-refractivity contribution in [2.45, 2.75) is 55.8 Å². The lowest BCUT2D eigenvalue weighted by molar-refractivity contribution is -0.175. The summed E-state index contributed by atoms with van der Waals surface area (Å²) < 4.78 is 4.94. The largest absolute Gasteiger partial charge is 0.459 e. The maximum Gasteiger partial charge on any atom is 0.330 e. The Hall–Kier alpha value is -3.62. The number of nitrogens with zero attached hydrogens (tertiary/aromatic N) is 2. The lowest BCUT2D eigenvalue weighted by atomic mass is 9.87. The molecular formula is C31H32N2O5S. The Labute approximate surface area is 232 Å². The van der Waals surface area contributed by atoms with Crippen molar-refractivity contribution < 1.29 is 24.2 Å². The van der Waals surface area contributed by atoms with Crippen molar-refractivity contribution in [2.24, 2.45) is 5.92 Å². The molecule has 0 spiro atoms. The molecule has 0 aliphatic carbocycles. The van der Waals surface area contributed by atoms with Crippen molar-refractivity contribution in [1.82, 2.24) is 9.80 Å². The normalized spacial score (nSPS) is 22.0. The lowest BCUT2D eigenvalue weighted by Crippen LogP contribution is -2.67. The highest BCUT2D eigenvalue weighted by Gasteiger charge is 2.66. The Balaban J connectivity index is 1.30. The number of hydrogen-bond acceptors (Lipinski definition) is 6. The first kappa shape index (κ1) is 27.0. The van der Waals surface area contributed by atoms with Gasteiger partial charge in [-0.05, 0) is 30.5 Å². The van der Waals surface area contributed by atoms with E-state index in [1.54, 1.807) is 4.90 Å². The quantitative estimate of drug-likeness (QED) is 0.324. The number of rotatable bonds is 9. The van der Waals surface area contributed by atoms with Gasteiger partial charge in [-0.2, -0.15) is 0 Å². The number of hydrogen-bond donors (Lipinski definition) is 1. The molecule has 2 aliphatic rings. The number of ether oxygens (including phenoxy) is 1. The summed E-state index contributed by atoms with van der Waals surface area (Å²) in [5.41, 5.74) is 2.71. The van der Waals surface area contributed by atoms with Gasteiger partial charge in [-0.15, -0.1) is 11.8 Å². The first-order chi connectivity index (χ1) is 18.8. The zero-order valence-electron chi connectivity index (χ0n) is 22.0. The van der Waals surface area contributed by atoms with Crippen LogP contribution in [0.2, 0.25) is 0 Å². The minimum absolute atomic E-state index is 0.113. The molecule has 2 saturated heterocycles. The topological polar surface area (TPSA) is 87.2 Å². The third-order valence-corrected chi connectivity index (χ3v) is 8.86. The zero-order valence-corrected chi connectivity index (χ0v) is 22.8. The van der Waals surface area contributed by atoms with Gasteiger partial charge in [-0.1, -0.05) is 91.0 Å². The molecule has 3 aromatic carbocycles. The highest BCUT2D eigenvalue weighted by atomic mass is 32.2. The van der Waals surface area contributed by atoms with Crippen LogP contribution in [-0.2, 0) is 38.8 Å². The highest BCUT2D eigenvalue weighted by molar-refractivity contribution is 8.01. The number of fused-ring (bicyclic) bond motifs is 1. The molecular weight excluding hydrogens is 512 g/mol. The Kier molecular flexibility index (Phi) is 7.77. The maximum atomic E-state index is 13.7. The van der Waals surface area contributed by atoms with E-state index in [4.69, 9.17) is 4.74 Å². The Bertz CT molecular complexity index is 1280. The van der Waals surface area contributed by atoms with Crippen molar-refractivity contribution in [2.75, 3.05) is 0 Å². The molecule has 202 valence electrons. The summed E-state index contributed by atoms with van der Waals surface area (Å²) in [7, 11) is 0. The van der Waals surface area contributed by atoms with Gasteiger partial charge in [0.05, 0.1) is 5.37 Å². The summed E-state index contributed by atoms with van der Waals surface area (Å²) in [4.78, 5) is 43.2. The summed E-state index contributed by atoms with van der Waals surface area (Å²) in [6, 6.07) is 27.7. The summed E-state index contributed by atoms with van der Waals surface area (Å²) in [6.45, 7) is 4.49. The average molecular weight is 545 g/mol. The minimum atomic E-state index is -1.52. The van der Waals surface area contributed by atoms with Gasteiger partial charge in [-0.25, -0.2) is 4.79 Å². The summed E-state index contributed by atoms with van der Waals surface area (Å²) >= 11 is 1.43. The first-order valence-corrected chi connectivity index (χ1v) is 13.9. The molecule has 2 fully saturated rings. The fraction of sp³-hybridized carbons (Fsp3) is 0.323. The molecule has 0 aromatic heterocycles. The minimum Gasteiger partial charge on any atom is -0.459 e. The Morgan fingerprint density at radius 1 is 0.897 bits per heavy atom. The average Bonchev–Trinajstić information content (AvgIpc) is 3.19. The number of β-lactam (4-membered cyclic amide) rings is 1. The lowest BCUT2D eigenvalue weighted by Gasteiger charge is -2.46. The van der Waals surface area contributed by atoms with E-state index < -0.39 is 46.0 Å². The van der Waals surface area contributed by atoms with Crippen LogP contribution < -0.4 is 0 Å². The third-order valence-electron chi connectivity index (χ3n) is 7.27. The van der Waals surface area contributed by atoms with E-state index in [0.717, 1.165) is 16.7 Å². The number of aliphatic hydroxyl groups is 1. The van der Waals surface area contributed by atoms with Crippen molar-refractivity contribution >= 4 is 29.5 Å². The van der Waals surface area contributed by atoms with E-state index in [1.165, 1.54) is 16.7 Å². The predicted octanol–water partition coefficient (Wildman–Crippen LogP) is 4.00. The summed E-state index contributed by atoms with van der Waals surface area (Å²) in [5.74, 6) is -2.32. The second-order valence-corrected chi connectivity index (χ2v) is 12.3. The third kappa shape index (κ3) is 5.58. The van der Waals surface area contributed by atoms with Crippen LogP contribution in [0.3, 0.4) is 0 Å². The van der Waals surface area contributed by atoms with Gasteiger partial charge in [0.15, 0.2) is 0 Å². The van der Waals surface area contributed by atoms with E-state index in [2.05, 4.69) is 0 Å². The monoisotopic (exact) mass is 544 g/mol. The van der Waals surface area contributed by atoms with E-state index in [9.17, 15) is 19.5 Å². The van der Waals surface area contributed by atoms with Crippen LogP contribution in [0.4, 0.5) is 0 Å². The van der Waals surface area contributed by atoms with Gasteiger partial charge in [0.2, 0.25) is 5.91 Å². The maximum absolute atomic E-state index is 13.7. The van der Waals surface area contributed by atoms with Crippen molar-refractivity contribution in [3.05, 3.63) is 108 Å². The molecule has 7 nitrogen and oxygen atoms in total. The molecule has 0 unspecified atom stereocenters. The smallest absolute Gasteiger partial charge is 0.330 e. The molecule has 2 aliphatic heterocycles. The van der Waals surface area contributed by atoms with Gasteiger partial charge in [-0.3, -0.25) is 9.59 Å². The van der Waals surface area contributed by atoms with Crippen molar-refractivity contribution in [3.8, 4) is 0 Å². The van der Waals surface area contributed by atoms with Gasteiger partial charge in [0.1, 0.15) is 24.7 Å². The van der Waals surface area contributed by atoms with Crippen LogP contribution >= 0.6 is 11.8 Å². The molecule has 39 heavy (non-hydrogen) atoms. The number of thioether (sulfide) groups is 1. The molecule has 4 atom stereocenters. The Morgan fingerprint density at radius 3 is 1.90 bits per heavy atom. The van der Waals surface area contributed by atoms with Gasteiger partial charge in [0, 0.05) is 17.8 Å². The highest BCUT2D eigenvalue weighted by Crippen LogP contribution is 2.54. The predicted molar refractivity (Wildman–Crippen MR) is 149 cm³/mol. The molecule has 2 amide bonds. The number of benzene rings is 3.